The molecule has 0 spiro atoms. The van der Waals surface area contributed by atoms with Crippen molar-refractivity contribution in [3.05, 3.63) is 29.6 Å². The van der Waals surface area contributed by atoms with E-state index in [1.165, 1.54) is 19.2 Å². The van der Waals surface area contributed by atoms with Crippen molar-refractivity contribution in [2.24, 2.45) is 0 Å². The fraction of sp³-hybridized carbons (Fsp3) is 0.500. The Kier molecular flexibility index (Phi) is 4.95. The van der Waals surface area contributed by atoms with E-state index in [9.17, 15) is 17.6 Å². The highest BCUT2D eigenvalue weighted by Gasteiger charge is 2.26. The number of halogens is 4. The number of nitrogens with one attached hydrogen (secondary N) is 1. The highest BCUT2D eigenvalue weighted by Crippen LogP contribution is 2.23. The largest absolute Gasteiger partial charge is 0.497 e. The van der Waals surface area contributed by atoms with Crippen molar-refractivity contribution >= 4 is 0 Å². The maximum Gasteiger partial charge on any atom is 0.390 e. The lowest BCUT2D eigenvalue weighted by Gasteiger charge is -2.16. The zero-order chi connectivity index (χ0) is 13.8. The number of alkyl halides is 3. The molecule has 1 rings (SSSR count). The molecule has 0 heterocycles. The normalized spacial score (nSPS) is 13.4. The molecule has 0 aliphatic heterocycles. The van der Waals surface area contributed by atoms with Gasteiger partial charge in [0.15, 0.2) is 0 Å². The SMILES string of the molecule is COc1ccc(C(C)NCCC(F)(F)F)c(F)c1. The van der Waals surface area contributed by atoms with Crippen LogP contribution in [0.2, 0.25) is 0 Å². The van der Waals surface area contributed by atoms with Crippen LogP contribution >= 0.6 is 0 Å². The molecule has 0 radical (unpaired) electrons. The number of hydrogen-bond acceptors (Lipinski definition) is 2. The molecule has 0 aliphatic rings. The van der Waals surface area contributed by atoms with Crippen LogP contribution < -0.4 is 10.1 Å². The molecule has 0 aromatic heterocycles. The van der Waals surface area contributed by atoms with Crippen molar-refractivity contribution in [1.82, 2.24) is 5.32 Å². The molecule has 1 unspecified atom stereocenters. The van der Waals surface area contributed by atoms with Gasteiger partial charge in [0, 0.05) is 24.2 Å². The molecule has 0 saturated heterocycles. The maximum absolute atomic E-state index is 13.6. The third-order valence-electron chi connectivity index (χ3n) is 2.53. The van der Waals surface area contributed by atoms with Crippen molar-refractivity contribution in [3.63, 3.8) is 0 Å². The predicted molar refractivity (Wildman–Crippen MR) is 60.0 cm³/mol. The Bertz CT molecular complexity index is 392. The number of hydrogen-bond donors (Lipinski definition) is 1. The molecule has 0 fully saturated rings. The Morgan fingerprint density at radius 1 is 1.33 bits per heavy atom. The minimum atomic E-state index is -4.20. The van der Waals surface area contributed by atoms with Gasteiger partial charge in [0.1, 0.15) is 11.6 Å². The third-order valence-corrected chi connectivity index (χ3v) is 2.53. The van der Waals surface area contributed by atoms with E-state index in [1.807, 2.05) is 0 Å². The van der Waals surface area contributed by atoms with Crippen LogP contribution in [0.15, 0.2) is 18.2 Å². The molecular formula is C12H15F4NO. The number of rotatable bonds is 5. The second-order valence-electron chi connectivity index (χ2n) is 3.93. The van der Waals surface area contributed by atoms with E-state index in [0.29, 0.717) is 11.3 Å². The van der Waals surface area contributed by atoms with E-state index in [0.717, 1.165) is 0 Å². The van der Waals surface area contributed by atoms with E-state index >= 15 is 0 Å². The van der Waals surface area contributed by atoms with Gasteiger partial charge in [0.2, 0.25) is 0 Å². The molecule has 0 amide bonds. The zero-order valence-corrected chi connectivity index (χ0v) is 10.1. The fourth-order valence-electron chi connectivity index (χ4n) is 1.53. The molecule has 6 heteroatoms. The standard InChI is InChI=1S/C12H15F4NO/c1-8(17-6-5-12(14,15)16)10-4-3-9(18-2)7-11(10)13/h3-4,7-8,17H,5-6H2,1-2H3. The van der Waals surface area contributed by atoms with Crippen LogP contribution in [0, 0.1) is 5.82 Å². The summed E-state index contributed by atoms with van der Waals surface area (Å²) >= 11 is 0. The van der Waals surface area contributed by atoms with Crippen LogP contribution in [-0.4, -0.2) is 19.8 Å². The van der Waals surface area contributed by atoms with Crippen LogP contribution in [0.5, 0.6) is 5.75 Å². The molecule has 2 nitrogen and oxygen atoms in total. The summed E-state index contributed by atoms with van der Waals surface area (Å²) in [7, 11) is 1.42. The molecule has 1 atom stereocenters. The smallest absolute Gasteiger partial charge is 0.390 e. The topological polar surface area (TPSA) is 21.3 Å². The van der Waals surface area contributed by atoms with Gasteiger partial charge >= 0.3 is 6.18 Å². The summed E-state index contributed by atoms with van der Waals surface area (Å²) in [5.74, 6) is -0.125. The molecule has 1 N–H and O–H groups in total. The van der Waals surface area contributed by atoms with Crippen LogP contribution in [0.3, 0.4) is 0 Å². The minimum absolute atomic E-state index is 0.240. The van der Waals surface area contributed by atoms with Gasteiger partial charge in [-0.1, -0.05) is 6.07 Å². The molecule has 0 saturated carbocycles. The molecule has 102 valence electrons. The number of methoxy groups -OCH3 is 1. The van der Waals surface area contributed by atoms with E-state index in [2.05, 4.69) is 5.32 Å². The van der Waals surface area contributed by atoms with E-state index in [-0.39, 0.29) is 6.54 Å². The Morgan fingerprint density at radius 2 is 2.00 bits per heavy atom. The van der Waals surface area contributed by atoms with Gasteiger partial charge in [-0.25, -0.2) is 4.39 Å². The van der Waals surface area contributed by atoms with Gasteiger partial charge < -0.3 is 10.1 Å². The summed E-state index contributed by atoms with van der Waals surface area (Å²) in [6, 6.07) is 3.79. The molecule has 0 aliphatic carbocycles. The lowest BCUT2D eigenvalue weighted by atomic mass is 10.1. The Hall–Kier alpha value is -1.30. The average Bonchev–Trinajstić information content (AvgIpc) is 2.26. The van der Waals surface area contributed by atoms with Crippen molar-refractivity contribution in [2.75, 3.05) is 13.7 Å². The summed E-state index contributed by atoms with van der Waals surface area (Å²) in [4.78, 5) is 0. The summed E-state index contributed by atoms with van der Waals surface area (Å²) in [6.45, 7) is 1.37. The van der Waals surface area contributed by atoms with Gasteiger partial charge in [-0.2, -0.15) is 13.2 Å². The lowest BCUT2D eigenvalue weighted by molar-refractivity contribution is -0.133. The van der Waals surface area contributed by atoms with Gasteiger partial charge in [0.05, 0.1) is 13.5 Å². The van der Waals surface area contributed by atoms with E-state index in [4.69, 9.17) is 4.74 Å². The zero-order valence-electron chi connectivity index (χ0n) is 10.1. The first-order valence-corrected chi connectivity index (χ1v) is 5.47. The first kappa shape index (κ1) is 14.8. The van der Waals surface area contributed by atoms with Gasteiger partial charge in [-0.3, -0.25) is 0 Å². The Labute approximate surface area is 103 Å². The van der Waals surface area contributed by atoms with Crippen molar-refractivity contribution in [2.45, 2.75) is 25.6 Å². The molecule has 1 aromatic rings. The third kappa shape index (κ3) is 4.52. The predicted octanol–water partition coefficient (Wildman–Crippen LogP) is 3.44. The van der Waals surface area contributed by atoms with Gasteiger partial charge in [-0.05, 0) is 13.0 Å². The summed E-state index contributed by atoms with van der Waals surface area (Å²) in [5, 5.41) is 2.63. The molecule has 1 aromatic carbocycles. The average molecular weight is 265 g/mol. The van der Waals surface area contributed by atoms with Crippen molar-refractivity contribution < 1.29 is 22.3 Å². The highest BCUT2D eigenvalue weighted by atomic mass is 19.4. The molecular weight excluding hydrogens is 250 g/mol. The first-order chi connectivity index (χ1) is 8.33. The number of ether oxygens (including phenoxy) is 1. The van der Waals surface area contributed by atoms with Crippen LogP contribution in [0.25, 0.3) is 0 Å². The Morgan fingerprint density at radius 3 is 2.50 bits per heavy atom. The monoisotopic (exact) mass is 265 g/mol. The highest BCUT2D eigenvalue weighted by molar-refractivity contribution is 5.30. The van der Waals surface area contributed by atoms with Crippen molar-refractivity contribution in [3.8, 4) is 5.75 Å². The van der Waals surface area contributed by atoms with Gasteiger partial charge in [-0.15, -0.1) is 0 Å². The maximum atomic E-state index is 13.6. The summed E-state index contributed by atoms with van der Waals surface area (Å²) in [6.07, 6.45) is -5.14. The fourth-order valence-corrected chi connectivity index (χ4v) is 1.53. The van der Waals surface area contributed by atoms with Crippen LogP contribution in [-0.2, 0) is 0 Å². The molecule has 0 bridgehead atoms. The van der Waals surface area contributed by atoms with Gasteiger partial charge in [0.25, 0.3) is 0 Å². The summed E-state index contributed by atoms with van der Waals surface area (Å²) < 4.78 is 54.3. The van der Waals surface area contributed by atoms with E-state index in [1.54, 1.807) is 13.0 Å². The minimum Gasteiger partial charge on any atom is -0.497 e. The number of benzene rings is 1. The lowest BCUT2D eigenvalue weighted by Crippen LogP contribution is -2.25. The Balaban J connectivity index is 2.59. The first-order valence-electron chi connectivity index (χ1n) is 5.47. The summed E-state index contributed by atoms with van der Waals surface area (Å²) in [5.41, 5.74) is 0.318. The van der Waals surface area contributed by atoms with Crippen molar-refractivity contribution in [1.29, 1.82) is 0 Å². The van der Waals surface area contributed by atoms with E-state index < -0.39 is 24.5 Å². The quantitative estimate of drug-likeness (QED) is 0.823. The van der Waals surface area contributed by atoms with Crippen LogP contribution in [0.4, 0.5) is 17.6 Å². The van der Waals surface area contributed by atoms with Crippen LogP contribution in [0.1, 0.15) is 24.9 Å². The second-order valence-corrected chi connectivity index (χ2v) is 3.93. The second kappa shape index (κ2) is 6.04. The molecule has 18 heavy (non-hydrogen) atoms.